The minimum atomic E-state index is -0.140. The SMILES string of the molecule is Cc1ccc(C2=C3C(=O)N(Cc4ccccc4)C(c4ccc(C)cc4)=C3C(=O)N2Cc2ccccc2)cc1. The third-order valence-electron chi connectivity index (χ3n) is 7.20. The van der Waals surface area contributed by atoms with E-state index in [0.29, 0.717) is 35.6 Å². The molecule has 0 bridgehead atoms. The molecule has 38 heavy (non-hydrogen) atoms. The van der Waals surface area contributed by atoms with Gasteiger partial charge in [0.1, 0.15) is 0 Å². The van der Waals surface area contributed by atoms with E-state index in [9.17, 15) is 9.59 Å². The van der Waals surface area contributed by atoms with E-state index in [1.807, 2.05) is 123 Å². The molecule has 0 N–H and O–H groups in total. The van der Waals surface area contributed by atoms with E-state index in [1.165, 1.54) is 0 Å². The number of hydrogen-bond acceptors (Lipinski definition) is 2. The summed E-state index contributed by atoms with van der Waals surface area (Å²) < 4.78 is 0. The van der Waals surface area contributed by atoms with Gasteiger partial charge >= 0.3 is 0 Å². The molecule has 0 saturated carbocycles. The molecule has 4 aromatic carbocycles. The molecule has 0 unspecified atom stereocenters. The summed E-state index contributed by atoms with van der Waals surface area (Å²) in [5.41, 5.74) is 8.33. The van der Waals surface area contributed by atoms with Crippen LogP contribution in [0.25, 0.3) is 11.4 Å². The second-order valence-electron chi connectivity index (χ2n) is 9.93. The monoisotopic (exact) mass is 496 g/mol. The van der Waals surface area contributed by atoms with E-state index in [-0.39, 0.29) is 11.8 Å². The molecule has 4 nitrogen and oxygen atoms in total. The molecule has 0 atom stereocenters. The average molecular weight is 497 g/mol. The van der Waals surface area contributed by atoms with Crippen molar-refractivity contribution < 1.29 is 9.59 Å². The third kappa shape index (κ3) is 4.14. The fraction of sp³-hybridized carbons (Fsp3) is 0.118. The standard InChI is InChI=1S/C34H28N2O2/c1-23-13-17-27(18-14-23)31-29-30(34(38)35(31)21-25-9-5-3-6-10-25)32(28-19-15-24(2)16-20-28)36(33(29)37)22-26-11-7-4-8-12-26/h3-20H,21-22H2,1-2H3. The Bertz CT molecular complexity index is 1460. The maximum Gasteiger partial charge on any atom is 0.261 e. The quantitative estimate of drug-likeness (QED) is 0.305. The first-order valence-corrected chi connectivity index (χ1v) is 12.9. The second-order valence-corrected chi connectivity index (χ2v) is 9.93. The van der Waals surface area contributed by atoms with Crippen LogP contribution in [0.15, 0.2) is 120 Å². The normalized spacial score (nSPS) is 15.1. The molecule has 2 heterocycles. The Hall–Kier alpha value is -4.70. The van der Waals surface area contributed by atoms with Crippen molar-refractivity contribution in [1.29, 1.82) is 0 Å². The van der Waals surface area contributed by atoms with Crippen molar-refractivity contribution in [2.75, 3.05) is 0 Å². The minimum Gasteiger partial charge on any atom is -0.302 e. The molecular formula is C34H28N2O2. The molecule has 4 aromatic rings. The summed E-state index contributed by atoms with van der Waals surface area (Å²) in [5, 5.41) is 0. The summed E-state index contributed by atoms with van der Waals surface area (Å²) in [7, 11) is 0. The van der Waals surface area contributed by atoms with Crippen LogP contribution >= 0.6 is 0 Å². The lowest BCUT2D eigenvalue weighted by molar-refractivity contribution is -0.124. The third-order valence-corrected chi connectivity index (χ3v) is 7.20. The smallest absolute Gasteiger partial charge is 0.261 e. The highest BCUT2D eigenvalue weighted by Gasteiger charge is 2.48. The number of aryl methyl sites for hydroxylation is 2. The molecule has 2 amide bonds. The zero-order valence-electron chi connectivity index (χ0n) is 21.5. The first-order chi connectivity index (χ1) is 18.5. The van der Waals surface area contributed by atoms with Gasteiger partial charge in [-0.25, -0.2) is 0 Å². The van der Waals surface area contributed by atoms with Gasteiger partial charge in [-0.1, -0.05) is 120 Å². The number of nitrogens with zero attached hydrogens (tertiary/aromatic N) is 2. The Morgan fingerprint density at radius 2 is 0.816 bits per heavy atom. The second kappa shape index (κ2) is 9.64. The van der Waals surface area contributed by atoms with E-state index in [0.717, 1.165) is 33.4 Å². The van der Waals surface area contributed by atoms with Crippen LogP contribution < -0.4 is 0 Å². The summed E-state index contributed by atoms with van der Waals surface area (Å²) in [6.45, 7) is 4.85. The number of rotatable bonds is 6. The summed E-state index contributed by atoms with van der Waals surface area (Å²) in [5.74, 6) is -0.280. The van der Waals surface area contributed by atoms with Crippen LogP contribution in [-0.4, -0.2) is 21.6 Å². The van der Waals surface area contributed by atoms with Crippen molar-refractivity contribution in [3.63, 3.8) is 0 Å². The van der Waals surface area contributed by atoms with Crippen molar-refractivity contribution in [1.82, 2.24) is 9.80 Å². The van der Waals surface area contributed by atoms with Crippen molar-refractivity contribution in [2.45, 2.75) is 26.9 Å². The van der Waals surface area contributed by atoms with Gasteiger partial charge in [-0.3, -0.25) is 9.59 Å². The molecule has 0 aromatic heterocycles. The van der Waals surface area contributed by atoms with Crippen molar-refractivity contribution in [3.8, 4) is 0 Å². The van der Waals surface area contributed by atoms with Gasteiger partial charge in [0.25, 0.3) is 11.8 Å². The molecule has 2 aliphatic heterocycles. The van der Waals surface area contributed by atoms with Crippen LogP contribution in [0.3, 0.4) is 0 Å². The Morgan fingerprint density at radius 3 is 1.16 bits per heavy atom. The van der Waals surface area contributed by atoms with Gasteiger partial charge in [0.2, 0.25) is 0 Å². The fourth-order valence-electron chi connectivity index (χ4n) is 5.25. The lowest BCUT2D eigenvalue weighted by atomic mass is 10.0. The molecule has 4 heteroatoms. The van der Waals surface area contributed by atoms with Crippen LogP contribution in [0.1, 0.15) is 33.4 Å². The highest BCUT2D eigenvalue weighted by atomic mass is 16.2. The molecule has 2 aliphatic rings. The van der Waals surface area contributed by atoms with Gasteiger partial charge in [-0.2, -0.15) is 0 Å². The molecule has 186 valence electrons. The zero-order valence-corrected chi connectivity index (χ0v) is 21.5. The summed E-state index contributed by atoms with van der Waals surface area (Å²) in [4.78, 5) is 32.1. The number of benzene rings is 4. The van der Waals surface area contributed by atoms with E-state index in [2.05, 4.69) is 0 Å². The van der Waals surface area contributed by atoms with E-state index in [1.54, 1.807) is 9.80 Å². The topological polar surface area (TPSA) is 40.6 Å². The van der Waals surface area contributed by atoms with Crippen LogP contribution in [0.2, 0.25) is 0 Å². The Kier molecular flexibility index (Phi) is 6.01. The first-order valence-electron chi connectivity index (χ1n) is 12.9. The molecular weight excluding hydrogens is 468 g/mol. The molecule has 0 radical (unpaired) electrons. The highest BCUT2D eigenvalue weighted by molar-refractivity contribution is 6.30. The van der Waals surface area contributed by atoms with Crippen LogP contribution in [-0.2, 0) is 22.7 Å². The molecule has 0 aliphatic carbocycles. The van der Waals surface area contributed by atoms with E-state index >= 15 is 0 Å². The van der Waals surface area contributed by atoms with Crippen LogP contribution in [0.5, 0.6) is 0 Å². The molecule has 6 rings (SSSR count). The first kappa shape index (κ1) is 23.7. The van der Waals surface area contributed by atoms with Gasteiger partial charge < -0.3 is 9.80 Å². The zero-order chi connectivity index (χ0) is 26.2. The molecule has 0 spiro atoms. The van der Waals surface area contributed by atoms with E-state index < -0.39 is 0 Å². The van der Waals surface area contributed by atoms with Crippen LogP contribution in [0, 0.1) is 13.8 Å². The molecule has 0 fully saturated rings. The maximum atomic E-state index is 14.3. The van der Waals surface area contributed by atoms with Gasteiger partial charge in [0.05, 0.1) is 35.6 Å². The Morgan fingerprint density at radius 1 is 0.474 bits per heavy atom. The highest BCUT2D eigenvalue weighted by Crippen LogP contribution is 2.47. The predicted octanol–water partition coefficient (Wildman–Crippen LogP) is 6.51. The average Bonchev–Trinajstić information content (AvgIpc) is 3.37. The number of hydrogen-bond donors (Lipinski definition) is 0. The Balaban J connectivity index is 1.57. The lowest BCUT2D eigenvalue weighted by Gasteiger charge is -2.25. The minimum absolute atomic E-state index is 0.140. The number of fused-ring (bicyclic) bond motifs is 1. The number of amides is 2. The summed E-state index contributed by atoms with van der Waals surface area (Å²) in [6, 6.07) is 36.0. The predicted molar refractivity (Wildman–Crippen MR) is 150 cm³/mol. The van der Waals surface area contributed by atoms with Gasteiger partial charge in [-0.15, -0.1) is 0 Å². The number of carbonyl (C=O) groups excluding carboxylic acids is 2. The van der Waals surface area contributed by atoms with Crippen molar-refractivity contribution >= 4 is 23.2 Å². The largest absolute Gasteiger partial charge is 0.302 e. The van der Waals surface area contributed by atoms with Crippen molar-refractivity contribution in [3.05, 3.63) is 154 Å². The van der Waals surface area contributed by atoms with Crippen LogP contribution in [0.4, 0.5) is 0 Å². The maximum absolute atomic E-state index is 14.3. The fourth-order valence-corrected chi connectivity index (χ4v) is 5.25. The van der Waals surface area contributed by atoms with Crippen molar-refractivity contribution in [2.24, 2.45) is 0 Å². The Labute approximate surface area is 223 Å². The lowest BCUT2D eigenvalue weighted by Crippen LogP contribution is -2.29. The van der Waals surface area contributed by atoms with E-state index in [4.69, 9.17) is 0 Å². The summed E-state index contributed by atoms with van der Waals surface area (Å²) >= 11 is 0. The number of carbonyl (C=O) groups is 2. The van der Waals surface area contributed by atoms with Gasteiger partial charge in [-0.05, 0) is 36.1 Å². The van der Waals surface area contributed by atoms with Gasteiger partial charge in [0.15, 0.2) is 0 Å². The van der Waals surface area contributed by atoms with Gasteiger partial charge in [0, 0.05) is 0 Å². The molecule has 0 saturated heterocycles. The summed E-state index contributed by atoms with van der Waals surface area (Å²) in [6.07, 6.45) is 0.